The van der Waals surface area contributed by atoms with E-state index in [2.05, 4.69) is 9.97 Å². The summed E-state index contributed by atoms with van der Waals surface area (Å²) in [5.41, 5.74) is -0.194. The number of ether oxygens (including phenoxy) is 2. The molecular formula is C18H17F4N3O3. The minimum Gasteiger partial charge on any atom is -0.455 e. The van der Waals surface area contributed by atoms with Crippen molar-refractivity contribution in [2.24, 2.45) is 0 Å². The number of benzene rings is 1. The van der Waals surface area contributed by atoms with E-state index < -0.39 is 29.8 Å². The fraction of sp³-hybridized carbons (Fsp3) is 0.389. The van der Waals surface area contributed by atoms with E-state index in [0.29, 0.717) is 5.56 Å². The van der Waals surface area contributed by atoms with E-state index >= 15 is 0 Å². The molecule has 1 amide bonds. The SMILES string of the molecule is CC(=O)N1C[C@@H](OCc2ccc(C(F)(F)F)cc2)[C@H](Oc2ncc(F)cn2)C1. The zero-order chi connectivity index (χ0) is 20.3. The highest BCUT2D eigenvalue weighted by molar-refractivity contribution is 5.73. The lowest BCUT2D eigenvalue weighted by Crippen LogP contribution is -2.33. The number of alkyl halides is 3. The molecule has 2 atom stereocenters. The van der Waals surface area contributed by atoms with Crippen LogP contribution in [0.1, 0.15) is 18.1 Å². The van der Waals surface area contributed by atoms with Gasteiger partial charge in [0, 0.05) is 6.92 Å². The fourth-order valence-electron chi connectivity index (χ4n) is 2.76. The second-order valence-corrected chi connectivity index (χ2v) is 6.31. The number of rotatable bonds is 5. The van der Waals surface area contributed by atoms with Gasteiger partial charge in [-0.3, -0.25) is 4.79 Å². The summed E-state index contributed by atoms with van der Waals surface area (Å²) >= 11 is 0. The maximum atomic E-state index is 12.9. The minimum atomic E-state index is -4.40. The first-order chi connectivity index (χ1) is 13.2. The Hall–Kier alpha value is -2.75. The van der Waals surface area contributed by atoms with Crippen molar-refractivity contribution in [2.75, 3.05) is 13.1 Å². The van der Waals surface area contributed by atoms with Crippen molar-refractivity contribution in [2.45, 2.75) is 31.9 Å². The zero-order valence-electron chi connectivity index (χ0n) is 14.8. The number of hydrogen-bond acceptors (Lipinski definition) is 5. The van der Waals surface area contributed by atoms with Gasteiger partial charge in [0.25, 0.3) is 0 Å². The van der Waals surface area contributed by atoms with E-state index in [-0.39, 0.29) is 31.6 Å². The van der Waals surface area contributed by atoms with E-state index in [1.807, 2.05) is 0 Å². The lowest BCUT2D eigenvalue weighted by Gasteiger charge is -2.19. The molecule has 0 saturated carbocycles. The minimum absolute atomic E-state index is 0.0404. The topological polar surface area (TPSA) is 64.6 Å². The van der Waals surface area contributed by atoms with E-state index in [1.54, 1.807) is 0 Å². The maximum Gasteiger partial charge on any atom is 0.416 e. The molecule has 1 saturated heterocycles. The van der Waals surface area contributed by atoms with Crippen LogP contribution >= 0.6 is 0 Å². The van der Waals surface area contributed by atoms with Crippen molar-refractivity contribution in [1.29, 1.82) is 0 Å². The summed E-state index contributed by atoms with van der Waals surface area (Å²) in [5.74, 6) is -0.784. The Kier molecular flexibility index (Phi) is 5.78. The molecule has 2 aromatic rings. The fourth-order valence-corrected chi connectivity index (χ4v) is 2.76. The van der Waals surface area contributed by atoms with Crippen LogP contribution in [0.2, 0.25) is 0 Å². The second kappa shape index (κ2) is 8.09. The van der Waals surface area contributed by atoms with Crippen LogP contribution in [0.5, 0.6) is 6.01 Å². The van der Waals surface area contributed by atoms with Crippen molar-refractivity contribution in [3.05, 3.63) is 53.6 Å². The molecule has 0 unspecified atom stereocenters. The monoisotopic (exact) mass is 399 g/mol. The lowest BCUT2D eigenvalue weighted by molar-refractivity contribution is -0.137. The second-order valence-electron chi connectivity index (χ2n) is 6.31. The first-order valence-electron chi connectivity index (χ1n) is 8.40. The molecule has 0 radical (unpaired) electrons. The lowest BCUT2D eigenvalue weighted by atomic mass is 10.1. The van der Waals surface area contributed by atoms with E-state index in [0.717, 1.165) is 24.5 Å². The van der Waals surface area contributed by atoms with Crippen LogP contribution in [0.4, 0.5) is 17.6 Å². The molecule has 3 rings (SSSR count). The molecule has 0 aliphatic carbocycles. The molecule has 150 valence electrons. The van der Waals surface area contributed by atoms with Crippen molar-refractivity contribution < 1.29 is 31.8 Å². The Morgan fingerprint density at radius 2 is 1.75 bits per heavy atom. The van der Waals surface area contributed by atoms with Crippen molar-refractivity contribution in [3.63, 3.8) is 0 Å². The van der Waals surface area contributed by atoms with Gasteiger partial charge in [-0.2, -0.15) is 13.2 Å². The summed E-state index contributed by atoms with van der Waals surface area (Å²) < 4.78 is 62.2. The first-order valence-corrected chi connectivity index (χ1v) is 8.40. The smallest absolute Gasteiger partial charge is 0.416 e. The van der Waals surface area contributed by atoms with Crippen LogP contribution in [0, 0.1) is 5.82 Å². The molecule has 2 heterocycles. The number of carbonyl (C=O) groups excluding carboxylic acids is 1. The normalized spacial score (nSPS) is 19.7. The Morgan fingerprint density at radius 3 is 2.32 bits per heavy atom. The Balaban J connectivity index is 1.65. The standard InChI is InChI=1S/C18H17F4N3O3/c1-11(26)25-8-15(16(9-25)28-17-23-6-14(19)7-24-17)27-10-12-2-4-13(5-3-12)18(20,21)22/h2-7,15-16H,8-10H2,1H3/t15-,16-/m1/s1. The molecule has 10 heteroatoms. The Morgan fingerprint density at radius 1 is 1.14 bits per heavy atom. The number of amides is 1. The third-order valence-electron chi connectivity index (χ3n) is 4.26. The van der Waals surface area contributed by atoms with Crippen LogP contribution in [-0.4, -0.2) is 46.1 Å². The molecule has 0 bridgehead atoms. The van der Waals surface area contributed by atoms with Crippen molar-refractivity contribution in [1.82, 2.24) is 14.9 Å². The summed E-state index contributed by atoms with van der Waals surface area (Å²) in [6, 6.07) is 4.57. The number of nitrogens with zero attached hydrogens (tertiary/aromatic N) is 3. The molecule has 1 aliphatic rings. The molecule has 1 aliphatic heterocycles. The summed E-state index contributed by atoms with van der Waals surface area (Å²) in [6.07, 6.45) is -3.62. The van der Waals surface area contributed by atoms with Gasteiger partial charge in [0.15, 0.2) is 5.82 Å². The van der Waals surface area contributed by atoms with E-state index in [4.69, 9.17) is 9.47 Å². The van der Waals surface area contributed by atoms with Crippen molar-refractivity contribution >= 4 is 5.91 Å². The highest BCUT2D eigenvalue weighted by Crippen LogP contribution is 2.29. The van der Waals surface area contributed by atoms with Crippen LogP contribution in [0.3, 0.4) is 0 Å². The number of halogens is 4. The number of hydrogen-bond donors (Lipinski definition) is 0. The summed E-state index contributed by atoms with van der Waals surface area (Å²) in [4.78, 5) is 20.6. The van der Waals surface area contributed by atoms with Gasteiger partial charge in [-0.25, -0.2) is 14.4 Å². The van der Waals surface area contributed by atoms with E-state index in [1.165, 1.54) is 24.0 Å². The molecule has 1 fully saturated rings. The van der Waals surface area contributed by atoms with E-state index in [9.17, 15) is 22.4 Å². The van der Waals surface area contributed by atoms with Gasteiger partial charge in [0.05, 0.1) is 37.7 Å². The molecule has 1 aromatic carbocycles. The van der Waals surface area contributed by atoms with Crippen LogP contribution < -0.4 is 4.74 Å². The first kappa shape index (κ1) is 20.0. The van der Waals surface area contributed by atoms with Gasteiger partial charge in [-0.15, -0.1) is 0 Å². The predicted octanol–water partition coefficient (Wildman–Crippen LogP) is 2.83. The number of aromatic nitrogens is 2. The van der Waals surface area contributed by atoms with Gasteiger partial charge in [0.2, 0.25) is 5.91 Å². The van der Waals surface area contributed by atoms with Gasteiger partial charge < -0.3 is 14.4 Å². The Bertz CT molecular complexity index is 812. The van der Waals surface area contributed by atoms with Gasteiger partial charge in [0.1, 0.15) is 12.2 Å². The highest BCUT2D eigenvalue weighted by atomic mass is 19.4. The number of likely N-dealkylation sites (tertiary alicyclic amines) is 1. The molecule has 1 aromatic heterocycles. The highest BCUT2D eigenvalue weighted by Gasteiger charge is 2.37. The summed E-state index contributed by atoms with van der Waals surface area (Å²) in [5, 5.41) is 0. The van der Waals surface area contributed by atoms with Gasteiger partial charge in [-0.05, 0) is 17.7 Å². The van der Waals surface area contributed by atoms with Gasteiger partial charge >= 0.3 is 12.2 Å². The molecule has 0 N–H and O–H groups in total. The zero-order valence-corrected chi connectivity index (χ0v) is 14.8. The molecule has 28 heavy (non-hydrogen) atoms. The summed E-state index contributed by atoms with van der Waals surface area (Å²) in [6.45, 7) is 1.93. The van der Waals surface area contributed by atoms with Crippen LogP contribution in [0.25, 0.3) is 0 Å². The Labute approximate surface area is 158 Å². The number of carbonyl (C=O) groups is 1. The van der Waals surface area contributed by atoms with Gasteiger partial charge in [-0.1, -0.05) is 12.1 Å². The largest absolute Gasteiger partial charge is 0.455 e. The average Bonchev–Trinajstić information content (AvgIpc) is 3.05. The third-order valence-corrected chi connectivity index (χ3v) is 4.26. The average molecular weight is 399 g/mol. The third kappa shape index (κ3) is 4.94. The maximum absolute atomic E-state index is 12.9. The van der Waals surface area contributed by atoms with Crippen LogP contribution in [0.15, 0.2) is 36.7 Å². The molecule has 0 spiro atoms. The predicted molar refractivity (Wildman–Crippen MR) is 88.7 cm³/mol. The molecular weight excluding hydrogens is 382 g/mol. The molecule has 6 nitrogen and oxygen atoms in total. The van der Waals surface area contributed by atoms with Crippen molar-refractivity contribution in [3.8, 4) is 6.01 Å². The summed E-state index contributed by atoms with van der Waals surface area (Å²) in [7, 11) is 0. The van der Waals surface area contributed by atoms with Crippen LogP contribution in [-0.2, 0) is 22.3 Å². The quantitative estimate of drug-likeness (QED) is 0.724.